The summed E-state index contributed by atoms with van der Waals surface area (Å²) < 4.78 is 69.3. The van der Waals surface area contributed by atoms with E-state index in [1.54, 1.807) is 0 Å². The van der Waals surface area contributed by atoms with Gasteiger partial charge >= 0.3 is 0 Å². The number of benzene rings is 3. The van der Waals surface area contributed by atoms with Crippen molar-refractivity contribution in [2.45, 2.75) is 12.8 Å². The molecule has 0 atom stereocenters. The van der Waals surface area contributed by atoms with Crippen LogP contribution in [0.5, 0.6) is 23.0 Å². The van der Waals surface area contributed by atoms with Crippen molar-refractivity contribution >= 4 is 11.8 Å². The van der Waals surface area contributed by atoms with E-state index in [0.717, 1.165) is 25.9 Å². The second kappa shape index (κ2) is 15.2. The summed E-state index contributed by atoms with van der Waals surface area (Å²) in [4.78, 5) is 28.5. The van der Waals surface area contributed by atoms with Crippen molar-refractivity contribution in [3.63, 3.8) is 0 Å². The SMILES string of the molecule is CN(C)CCCNC(=O)c1ccc(Oc2c(F)c(F)c(Oc3ccc(C(=O)NCCCN(C)C)cc3)c(F)c2F)cc1. The second-order valence-corrected chi connectivity index (χ2v) is 9.99. The number of hydrogen-bond donors (Lipinski definition) is 2. The van der Waals surface area contributed by atoms with E-state index in [1.807, 2.05) is 38.0 Å². The molecular weight excluding hydrogens is 556 g/mol. The van der Waals surface area contributed by atoms with Gasteiger partial charge in [0.25, 0.3) is 11.8 Å². The van der Waals surface area contributed by atoms with Crippen LogP contribution in [0.3, 0.4) is 0 Å². The van der Waals surface area contributed by atoms with Gasteiger partial charge in [0.1, 0.15) is 11.5 Å². The molecule has 8 nitrogen and oxygen atoms in total. The first-order valence-electron chi connectivity index (χ1n) is 13.3. The van der Waals surface area contributed by atoms with Crippen LogP contribution >= 0.6 is 0 Å². The molecule has 0 unspecified atom stereocenters. The van der Waals surface area contributed by atoms with E-state index in [0.29, 0.717) is 13.1 Å². The second-order valence-electron chi connectivity index (χ2n) is 9.99. The molecule has 42 heavy (non-hydrogen) atoms. The predicted molar refractivity (Wildman–Crippen MR) is 150 cm³/mol. The average Bonchev–Trinajstić information content (AvgIpc) is 2.97. The summed E-state index contributed by atoms with van der Waals surface area (Å²) >= 11 is 0. The summed E-state index contributed by atoms with van der Waals surface area (Å²) in [5.41, 5.74) is 0.532. The van der Waals surface area contributed by atoms with Crippen molar-refractivity contribution < 1.29 is 36.6 Å². The molecule has 3 aromatic rings. The van der Waals surface area contributed by atoms with Gasteiger partial charge in [-0.2, -0.15) is 17.6 Å². The minimum absolute atomic E-state index is 0.153. The molecule has 0 radical (unpaired) electrons. The van der Waals surface area contributed by atoms with E-state index in [1.165, 1.54) is 48.5 Å². The molecule has 12 heteroatoms. The number of halogens is 4. The highest BCUT2D eigenvalue weighted by atomic mass is 19.2. The summed E-state index contributed by atoms with van der Waals surface area (Å²) in [5, 5.41) is 5.49. The third-order valence-electron chi connectivity index (χ3n) is 5.99. The Kier molecular flexibility index (Phi) is 11.7. The van der Waals surface area contributed by atoms with Gasteiger partial charge < -0.3 is 29.9 Å². The molecule has 226 valence electrons. The molecule has 0 aliphatic heterocycles. The number of hydrogen-bond acceptors (Lipinski definition) is 6. The molecule has 0 saturated heterocycles. The minimum atomic E-state index is -1.81. The van der Waals surface area contributed by atoms with Crippen molar-refractivity contribution in [3.05, 3.63) is 82.9 Å². The Balaban J connectivity index is 1.66. The van der Waals surface area contributed by atoms with Crippen LogP contribution in [0.1, 0.15) is 33.6 Å². The van der Waals surface area contributed by atoms with Crippen molar-refractivity contribution in [2.75, 3.05) is 54.4 Å². The van der Waals surface area contributed by atoms with Crippen LogP contribution in [-0.4, -0.2) is 76.0 Å². The van der Waals surface area contributed by atoms with Gasteiger partial charge in [-0.25, -0.2) is 0 Å². The van der Waals surface area contributed by atoms with E-state index >= 15 is 0 Å². The maximum absolute atomic E-state index is 14.8. The largest absolute Gasteiger partial charge is 0.451 e. The Hall–Kier alpha value is -4.16. The van der Waals surface area contributed by atoms with Gasteiger partial charge in [0.05, 0.1) is 0 Å². The van der Waals surface area contributed by atoms with Gasteiger partial charge in [0.15, 0.2) is 0 Å². The molecule has 0 fully saturated rings. The van der Waals surface area contributed by atoms with Crippen LogP contribution in [0.4, 0.5) is 17.6 Å². The fraction of sp³-hybridized carbons (Fsp3) is 0.333. The number of rotatable bonds is 14. The monoisotopic (exact) mass is 590 g/mol. The Morgan fingerprint density at radius 3 is 1.19 bits per heavy atom. The van der Waals surface area contributed by atoms with E-state index in [2.05, 4.69) is 10.6 Å². The summed E-state index contributed by atoms with van der Waals surface area (Å²) in [7, 11) is 7.67. The minimum Gasteiger partial charge on any atom is -0.451 e. The Bertz CT molecular complexity index is 1230. The fourth-order valence-corrected chi connectivity index (χ4v) is 3.75. The lowest BCUT2D eigenvalue weighted by Crippen LogP contribution is -2.27. The first kappa shape index (κ1) is 32.4. The fourth-order valence-electron chi connectivity index (χ4n) is 3.75. The van der Waals surface area contributed by atoms with Gasteiger partial charge in [0.2, 0.25) is 34.8 Å². The van der Waals surface area contributed by atoms with Gasteiger partial charge in [0, 0.05) is 24.2 Å². The number of nitrogens with one attached hydrogen (secondary N) is 2. The number of amides is 2. The molecule has 2 amide bonds. The average molecular weight is 591 g/mol. The van der Waals surface area contributed by atoms with Crippen LogP contribution in [0.15, 0.2) is 48.5 Å². The molecule has 3 rings (SSSR count). The van der Waals surface area contributed by atoms with Gasteiger partial charge in [-0.05, 0) is 103 Å². The Morgan fingerprint density at radius 1 is 0.595 bits per heavy atom. The van der Waals surface area contributed by atoms with E-state index in [9.17, 15) is 27.2 Å². The summed E-state index contributed by atoms with van der Waals surface area (Å²) in [6, 6.07) is 10.4. The molecule has 0 spiro atoms. The molecule has 0 aliphatic rings. The number of nitrogens with zero attached hydrogens (tertiary/aromatic N) is 2. The lowest BCUT2D eigenvalue weighted by atomic mass is 10.2. The van der Waals surface area contributed by atoms with Crippen LogP contribution in [0, 0.1) is 23.3 Å². The normalized spacial score (nSPS) is 11.1. The molecule has 0 heterocycles. The lowest BCUT2D eigenvalue weighted by molar-refractivity contribution is 0.0944. The third-order valence-corrected chi connectivity index (χ3v) is 5.99. The highest BCUT2D eigenvalue weighted by Crippen LogP contribution is 2.38. The van der Waals surface area contributed by atoms with Crippen molar-refractivity contribution in [1.82, 2.24) is 20.4 Å². The topological polar surface area (TPSA) is 83.1 Å². The van der Waals surface area contributed by atoms with Gasteiger partial charge in [-0.1, -0.05) is 0 Å². The standard InChI is InChI=1S/C30H34F4N4O4/c1-37(2)17-5-15-35-29(39)19-7-11-21(12-8-19)41-27-23(31)25(33)28(26(34)24(27)32)42-22-13-9-20(10-14-22)30(40)36-16-6-18-38(3)4/h7-14H,5-6,15-18H2,1-4H3,(H,35,39)(H,36,40). The van der Waals surface area contributed by atoms with Crippen molar-refractivity contribution in [1.29, 1.82) is 0 Å². The number of ether oxygens (including phenoxy) is 2. The van der Waals surface area contributed by atoms with Crippen LogP contribution < -0.4 is 20.1 Å². The summed E-state index contributed by atoms with van der Waals surface area (Å²) in [5.74, 6) is -10.9. The van der Waals surface area contributed by atoms with Gasteiger partial charge in [-0.3, -0.25) is 9.59 Å². The van der Waals surface area contributed by atoms with Crippen LogP contribution in [0.25, 0.3) is 0 Å². The molecule has 3 aromatic carbocycles. The maximum Gasteiger partial charge on any atom is 0.251 e. The zero-order valence-electron chi connectivity index (χ0n) is 23.9. The molecule has 0 aromatic heterocycles. The zero-order chi connectivity index (χ0) is 30.8. The Morgan fingerprint density at radius 2 is 0.905 bits per heavy atom. The lowest BCUT2D eigenvalue weighted by Gasteiger charge is -2.14. The number of carbonyl (C=O) groups is 2. The predicted octanol–water partition coefficient (Wildman–Crippen LogP) is 5.19. The van der Waals surface area contributed by atoms with Crippen LogP contribution in [0.2, 0.25) is 0 Å². The third kappa shape index (κ3) is 8.92. The summed E-state index contributed by atoms with van der Waals surface area (Å²) in [6.45, 7) is 2.50. The van der Waals surface area contributed by atoms with E-state index < -0.39 is 34.8 Å². The number of carbonyl (C=O) groups excluding carboxylic acids is 2. The van der Waals surface area contributed by atoms with Gasteiger partial charge in [-0.15, -0.1) is 0 Å². The molecule has 2 N–H and O–H groups in total. The highest BCUT2D eigenvalue weighted by molar-refractivity contribution is 5.94. The van der Waals surface area contributed by atoms with E-state index in [4.69, 9.17) is 9.47 Å². The highest BCUT2D eigenvalue weighted by Gasteiger charge is 2.29. The van der Waals surface area contributed by atoms with Crippen molar-refractivity contribution in [3.8, 4) is 23.0 Å². The first-order chi connectivity index (χ1) is 20.0. The quantitative estimate of drug-likeness (QED) is 0.153. The van der Waals surface area contributed by atoms with E-state index in [-0.39, 0.29) is 34.4 Å². The summed E-state index contributed by atoms with van der Waals surface area (Å²) in [6.07, 6.45) is 1.49. The van der Waals surface area contributed by atoms with Crippen LogP contribution in [-0.2, 0) is 0 Å². The molecule has 0 bridgehead atoms. The molecule has 0 aliphatic carbocycles. The zero-order valence-corrected chi connectivity index (χ0v) is 23.9. The first-order valence-corrected chi connectivity index (χ1v) is 13.3. The smallest absolute Gasteiger partial charge is 0.251 e. The van der Waals surface area contributed by atoms with Crippen molar-refractivity contribution in [2.24, 2.45) is 0 Å². The molecular formula is C30H34F4N4O4. The maximum atomic E-state index is 14.8. The Labute approximate surface area is 242 Å². The molecule has 0 saturated carbocycles.